The molecule has 3 aromatic rings. The van der Waals surface area contributed by atoms with E-state index in [1.807, 2.05) is 13.0 Å². The summed E-state index contributed by atoms with van der Waals surface area (Å²) in [7, 11) is 0. The van der Waals surface area contributed by atoms with Gasteiger partial charge in [0.2, 0.25) is 5.91 Å². The molecule has 1 heterocycles. The number of amides is 1. The van der Waals surface area contributed by atoms with Crippen LogP contribution in [-0.2, 0) is 24.3 Å². The number of fused-ring (bicyclic) bond motifs is 1. The number of hydrogen-bond acceptors (Lipinski definition) is 3. The van der Waals surface area contributed by atoms with E-state index in [4.69, 9.17) is 11.6 Å². The first-order chi connectivity index (χ1) is 12.5. The minimum Gasteiger partial charge on any atom is -0.350 e. The third-order valence-corrected chi connectivity index (χ3v) is 4.32. The Balaban J connectivity index is 1.79. The summed E-state index contributed by atoms with van der Waals surface area (Å²) >= 11 is 5.73. The Bertz CT molecular complexity index is 1030. The van der Waals surface area contributed by atoms with E-state index in [0.717, 1.165) is 0 Å². The van der Waals surface area contributed by atoms with E-state index < -0.39 is 5.82 Å². The number of para-hydroxylation sites is 1. The maximum Gasteiger partial charge on any atom is 0.261 e. The maximum atomic E-state index is 13.2. The largest absolute Gasteiger partial charge is 0.350 e. The van der Waals surface area contributed by atoms with Crippen molar-refractivity contribution in [2.24, 2.45) is 0 Å². The minimum absolute atomic E-state index is 0.0000307. The van der Waals surface area contributed by atoms with Gasteiger partial charge in [-0.25, -0.2) is 9.37 Å². The van der Waals surface area contributed by atoms with Crippen molar-refractivity contribution in [2.45, 2.75) is 26.4 Å². The normalized spacial score (nSPS) is 10.9. The first-order valence-corrected chi connectivity index (χ1v) is 8.56. The number of nitrogens with zero attached hydrogens (tertiary/aromatic N) is 2. The second kappa shape index (κ2) is 7.66. The predicted molar refractivity (Wildman–Crippen MR) is 98.6 cm³/mol. The summed E-state index contributed by atoms with van der Waals surface area (Å²) in [5, 5.41) is 3.19. The van der Waals surface area contributed by atoms with Gasteiger partial charge in [-0.3, -0.25) is 14.2 Å². The Morgan fingerprint density at radius 2 is 2.04 bits per heavy atom. The van der Waals surface area contributed by atoms with Crippen LogP contribution < -0.4 is 10.9 Å². The molecule has 1 aromatic heterocycles. The molecule has 0 bridgehead atoms. The second-order valence-electron chi connectivity index (χ2n) is 5.82. The highest BCUT2D eigenvalue weighted by Crippen LogP contribution is 2.15. The van der Waals surface area contributed by atoms with Crippen LogP contribution in [0.2, 0.25) is 5.02 Å². The lowest BCUT2D eigenvalue weighted by Gasteiger charge is -2.12. The summed E-state index contributed by atoms with van der Waals surface area (Å²) in [5.74, 6) is -0.295. The first kappa shape index (κ1) is 18.1. The molecule has 7 heteroatoms. The molecule has 0 aliphatic carbocycles. The zero-order valence-corrected chi connectivity index (χ0v) is 14.9. The van der Waals surface area contributed by atoms with Crippen LogP contribution in [0.15, 0.2) is 47.3 Å². The standard InChI is InChI=1S/C19H17ClFN3O2/c1-2-17-23-16-6-4-3-5-13(16)19(26)24(17)11-18(25)22-10-12-7-8-15(21)14(20)9-12/h3-9H,2,10-11H2,1H3,(H,22,25). The molecule has 0 spiro atoms. The highest BCUT2D eigenvalue weighted by molar-refractivity contribution is 6.30. The van der Waals surface area contributed by atoms with E-state index >= 15 is 0 Å². The van der Waals surface area contributed by atoms with Crippen LogP contribution >= 0.6 is 11.6 Å². The zero-order chi connectivity index (χ0) is 18.7. The fourth-order valence-corrected chi connectivity index (χ4v) is 2.90. The summed E-state index contributed by atoms with van der Waals surface area (Å²) in [6.07, 6.45) is 0.529. The topological polar surface area (TPSA) is 64.0 Å². The van der Waals surface area contributed by atoms with Gasteiger partial charge in [0.15, 0.2) is 0 Å². The summed E-state index contributed by atoms with van der Waals surface area (Å²) in [5.41, 5.74) is 1.05. The lowest BCUT2D eigenvalue weighted by atomic mass is 10.2. The van der Waals surface area contributed by atoms with Crippen LogP contribution in [0.1, 0.15) is 18.3 Å². The van der Waals surface area contributed by atoms with Crippen molar-refractivity contribution in [3.05, 3.63) is 75.0 Å². The molecular weight excluding hydrogens is 357 g/mol. The minimum atomic E-state index is -0.511. The van der Waals surface area contributed by atoms with Crippen molar-refractivity contribution in [2.75, 3.05) is 0 Å². The number of carbonyl (C=O) groups excluding carboxylic acids is 1. The summed E-state index contributed by atoms with van der Waals surface area (Å²) in [6, 6.07) is 11.3. The third-order valence-electron chi connectivity index (χ3n) is 4.03. The predicted octanol–water partition coefficient (Wildman–Crippen LogP) is 3.07. The van der Waals surface area contributed by atoms with Crippen molar-refractivity contribution < 1.29 is 9.18 Å². The van der Waals surface area contributed by atoms with E-state index in [9.17, 15) is 14.0 Å². The number of nitrogens with one attached hydrogen (secondary N) is 1. The summed E-state index contributed by atoms with van der Waals surface area (Å²) in [4.78, 5) is 29.4. The number of rotatable bonds is 5. The number of benzene rings is 2. The van der Waals surface area contributed by atoms with Gasteiger partial charge in [0.25, 0.3) is 5.56 Å². The van der Waals surface area contributed by atoms with Crippen molar-refractivity contribution in [1.82, 2.24) is 14.9 Å². The lowest BCUT2D eigenvalue weighted by Crippen LogP contribution is -2.34. The average molecular weight is 374 g/mol. The number of aromatic nitrogens is 2. The molecule has 0 radical (unpaired) electrons. The highest BCUT2D eigenvalue weighted by atomic mass is 35.5. The van der Waals surface area contributed by atoms with Crippen LogP contribution in [0.4, 0.5) is 4.39 Å². The van der Waals surface area contributed by atoms with E-state index in [0.29, 0.717) is 28.7 Å². The lowest BCUT2D eigenvalue weighted by molar-refractivity contribution is -0.121. The van der Waals surface area contributed by atoms with Crippen LogP contribution in [0, 0.1) is 5.82 Å². The highest BCUT2D eigenvalue weighted by Gasteiger charge is 2.13. The molecule has 0 atom stereocenters. The Morgan fingerprint density at radius 1 is 1.27 bits per heavy atom. The van der Waals surface area contributed by atoms with Gasteiger partial charge in [-0.15, -0.1) is 0 Å². The van der Waals surface area contributed by atoms with E-state index in [1.165, 1.54) is 16.7 Å². The number of aryl methyl sites for hydroxylation is 1. The quantitative estimate of drug-likeness (QED) is 0.747. The third kappa shape index (κ3) is 3.75. The van der Waals surface area contributed by atoms with Crippen molar-refractivity contribution >= 4 is 28.4 Å². The van der Waals surface area contributed by atoms with Gasteiger partial charge < -0.3 is 5.32 Å². The second-order valence-corrected chi connectivity index (χ2v) is 6.22. The Kier molecular flexibility index (Phi) is 5.32. The van der Waals surface area contributed by atoms with Gasteiger partial charge in [0, 0.05) is 13.0 Å². The first-order valence-electron chi connectivity index (χ1n) is 8.18. The van der Waals surface area contributed by atoms with Gasteiger partial charge in [-0.1, -0.05) is 36.7 Å². The molecule has 1 N–H and O–H groups in total. The number of hydrogen-bond donors (Lipinski definition) is 1. The van der Waals surface area contributed by atoms with E-state index in [2.05, 4.69) is 10.3 Å². The van der Waals surface area contributed by atoms with Crippen LogP contribution in [-0.4, -0.2) is 15.5 Å². The van der Waals surface area contributed by atoms with E-state index in [1.54, 1.807) is 24.3 Å². The van der Waals surface area contributed by atoms with Crippen molar-refractivity contribution in [3.63, 3.8) is 0 Å². The molecule has 0 saturated heterocycles. The molecule has 0 saturated carbocycles. The Labute approximate surface area is 154 Å². The molecule has 0 unspecified atom stereocenters. The number of carbonyl (C=O) groups is 1. The summed E-state index contributed by atoms with van der Waals surface area (Å²) in [6.45, 7) is 1.94. The van der Waals surface area contributed by atoms with Gasteiger partial charge in [-0.05, 0) is 29.8 Å². The van der Waals surface area contributed by atoms with Gasteiger partial charge in [0.05, 0.1) is 15.9 Å². The molecular formula is C19H17ClFN3O2. The monoisotopic (exact) mass is 373 g/mol. The fraction of sp³-hybridized carbons (Fsp3) is 0.211. The fourth-order valence-electron chi connectivity index (χ4n) is 2.70. The molecule has 5 nitrogen and oxygen atoms in total. The SMILES string of the molecule is CCc1nc2ccccc2c(=O)n1CC(=O)NCc1ccc(F)c(Cl)c1. The average Bonchev–Trinajstić information content (AvgIpc) is 2.65. The molecule has 0 fully saturated rings. The molecule has 26 heavy (non-hydrogen) atoms. The van der Waals surface area contributed by atoms with Crippen LogP contribution in [0.5, 0.6) is 0 Å². The molecule has 1 amide bonds. The maximum absolute atomic E-state index is 13.2. The number of halogens is 2. The van der Waals surface area contributed by atoms with Crippen LogP contribution in [0.3, 0.4) is 0 Å². The Hall–Kier alpha value is -2.73. The van der Waals surface area contributed by atoms with Crippen LogP contribution in [0.25, 0.3) is 10.9 Å². The van der Waals surface area contributed by atoms with Crippen molar-refractivity contribution in [3.8, 4) is 0 Å². The molecule has 3 rings (SSSR count). The van der Waals surface area contributed by atoms with Gasteiger partial charge in [-0.2, -0.15) is 0 Å². The Morgan fingerprint density at radius 3 is 2.77 bits per heavy atom. The zero-order valence-electron chi connectivity index (χ0n) is 14.1. The van der Waals surface area contributed by atoms with Gasteiger partial charge >= 0.3 is 0 Å². The molecule has 2 aromatic carbocycles. The van der Waals surface area contributed by atoms with E-state index in [-0.39, 0.29) is 29.6 Å². The molecule has 134 valence electrons. The van der Waals surface area contributed by atoms with Crippen molar-refractivity contribution in [1.29, 1.82) is 0 Å². The summed E-state index contributed by atoms with van der Waals surface area (Å²) < 4.78 is 14.6. The smallest absolute Gasteiger partial charge is 0.261 e. The molecule has 0 aliphatic heterocycles. The van der Waals surface area contributed by atoms with Gasteiger partial charge in [0.1, 0.15) is 18.2 Å². The molecule has 0 aliphatic rings.